The molecule has 0 radical (unpaired) electrons. The molecule has 17 heavy (non-hydrogen) atoms. The Morgan fingerprint density at radius 2 is 2.12 bits per heavy atom. The van der Waals surface area contributed by atoms with Gasteiger partial charge in [-0.1, -0.05) is 34.1 Å². The van der Waals surface area contributed by atoms with E-state index in [1.807, 2.05) is 11.7 Å². The Kier molecular flexibility index (Phi) is 4.57. The predicted octanol–water partition coefficient (Wildman–Crippen LogP) is 2.84. The molecule has 1 aromatic carbocycles. The second kappa shape index (κ2) is 6.17. The van der Waals surface area contributed by atoms with Crippen LogP contribution in [0.25, 0.3) is 10.9 Å². The molecule has 0 saturated heterocycles. The molecule has 0 amide bonds. The quantitative estimate of drug-likeness (QED) is 0.656. The van der Waals surface area contributed by atoms with Gasteiger partial charge in [-0.2, -0.15) is 5.10 Å². The summed E-state index contributed by atoms with van der Waals surface area (Å²) < 4.78 is 1.95. The fourth-order valence-electron chi connectivity index (χ4n) is 1.97. The molecule has 0 spiro atoms. The molecule has 1 heterocycles. The molecule has 0 saturated carbocycles. The van der Waals surface area contributed by atoms with Gasteiger partial charge in [0.1, 0.15) is 0 Å². The van der Waals surface area contributed by atoms with Gasteiger partial charge >= 0.3 is 0 Å². The van der Waals surface area contributed by atoms with Gasteiger partial charge in [-0.15, -0.1) is 0 Å². The summed E-state index contributed by atoms with van der Waals surface area (Å²) in [7, 11) is 2.00. The first-order valence-electron chi connectivity index (χ1n) is 6.00. The molecule has 2 rings (SSSR count). The van der Waals surface area contributed by atoms with Gasteiger partial charge in [0.05, 0.1) is 11.2 Å². The van der Waals surface area contributed by atoms with E-state index in [4.69, 9.17) is 0 Å². The van der Waals surface area contributed by atoms with Gasteiger partial charge < -0.3 is 5.32 Å². The third-order valence-corrected chi connectivity index (χ3v) is 3.42. The Labute approximate surface area is 110 Å². The van der Waals surface area contributed by atoms with Gasteiger partial charge in [0.2, 0.25) is 0 Å². The number of nitrogens with one attached hydrogen (secondary N) is 1. The number of fused-ring (bicyclic) bond motifs is 1. The molecule has 92 valence electrons. The highest BCUT2D eigenvalue weighted by atomic mass is 79.9. The maximum Gasteiger partial charge on any atom is 0.0841 e. The van der Waals surface area contributed by atoms with Crippen molar-refractivity contribution < 1.29 is 0 Å². The number of alkyl halides is 1. The summed E-state index contributed by atoms with van der Waals surface area (Å²) in [4.78, 5) is 0. The lowest BCUT2D eigenvalue weighted by Crippen LogP contribution is -2.15. The lowest BCUT2D eigenvalue weighted by atomic mass is 10.2. The molecule has 0 aliphatic rings. The second-order valence-electron chi connectivity index (χ2n) is 4.16. The number of aryl methyl sites for hydroxylation is 1. The Morgan fingerprint density at radius 1 is 1.29 bits per heavy atom. The van der Waals surface area contributed by atoms with E-state index in [1.165, 1.54) is 23.7 Å². The summed E-state index contributed by atoms with van der Waals surface area (Å²) in [5, 5.41) is 10.3. The van der Waals surface area contributed by atoms with Crippen molar-refractivity contribution >= 4 is 26.8 Å². The lowest BCUT2D eigenvalue weighted by molar-refractivity contribution is 0.628. The lowest BCUT2D eigenvalue weighted by Gasteiger charge is -2.01. The molecule has 0 bridgehead atoms. The number of unbranched alkanes of at least 4 members (excludes halogenated alkanes) is 1. The van der Waals surface area contributed by atoms with Gasteiger partial charge in [-0.05, 0) is 25.5 Å². The second-order valence-corrected chi connectivity index (χ2v) is 4.95. The summed E-state index contributed by atoms with van der Waals surface area (Å²) in [5.74, 6) is 0. The molecule has 4 heteroatoms. The number of hydrogen-bond acceptors (Lipinski definition) is 2. The summed E-state index contributed by atoms with van der Waals surface area (Å²) in [6.45, 7) is 1.90. The van der Waals surface area contributed by atoms with E-state index < -0.39 is 0 Å². The number of hydrogen-bond donors (Lipinski definition) is 1. The van der Waals surface area contributed by atoms with Crippen molar-refractivity contribution in [3.8, 4) is 0 Å². The van der Waals surface area contributed by atoms with Crippen LogP contribution in [-0.4, -0.2) is 21.7 Å². The number of halogens is 1. The van der Waals surface area contributed by atoms with E-state index in [0.717, 1.165) is 24.1 Å². The van der Waals surface area contributed by atoms with E-state index in [0.29, 0.717) is 0 Å². The number of rotatable bonds is 6. The molecule has 1 aromatic heterocycles. The zero-order valence-electron chi connectivity index (χ0n) is 10.1. The van der Waals surface area contributed by atoms with Crippen LogP contribution in [0.4, 0.5) is 0 Å². The van der Waals surface area contributed by atoms with Crippen LogP contribution in [0.3, 0.4) is 0 Å². The van der Waals surface area contributed by atoms with Crippen molar-refractivity contribution in [2.24, 2.45) is 7.05 Å². The molecule has 0 fully saturated rings. The standard InChI is InChI=1S/C13H18BrN3/c1-17-13-7-3-2-6-11(13)12(16-17)10-15-9-5-4-8-14/h2-3,6-7,15H,4-5,8-10H2,1H3. The van der Waals surface area contributed by atoms with Crippen molar-refractivity contribution in [3.05, 3.63) is 30.0 Å². The minimum Gasteiger partial charge on any atom is -0.311 e. The van der Waals surface area contributed by atoms with E-state index in [9.17, 15) is 0 Å². The van der Waals surface area contributed by atoms with Crippen LogP contribution in [0.2, 0.25) is 0 Å². The molecule has 1 N–H and O–H groups in total. The van der Waals surface area contributed by atoms with Crippen LogP contribution in [0.15, 0.2) is 24.3 Å². The average molecular weight is 296 g/mol. The van der Waals surface area contributed by atoms with Crippen molar-refractivity contribution in [1.82, 2.24) is 15.1 Å². The van der Waals surface area contributed by atoms with Crippen molar-refractivity contribution in [1.29, 1.82) is 0 Å². The van der Waals surface area contributed by atoms with Crippen LogP contribution >= 0.6 is 15.9 Å². The van der Waals surface area contributed by atoms with Crippen LogP contribution in [0.5, 0.6) is 0 Å². The normalized spacial score (nSPS) is 11.2. The van der Waals surface area contributed by atoms with Crippen molar-refractivity contribution in [2.75, 3.05) is 11.9 Å². The maximum atomic E-state index is 4.55. The zero-order valence-corrected chi connectivity index (χ0v) is 11.7. The van der Waals surface area contributed by atoms with Gasteiger partial charge in [0.25, 0.3) is 0 Å². The summed E-state index contributed by atoms with van der Waals surface area (Å²) in [6.07, 6.45) is 2.42. The molecule has 0 aliphatic carbocycles. The summed E-state index contributed by atoms with van der Waals surface area (Å²) in [5.41, 5.74) is 2.34. The van der Waals surface area contributed by atoms with Crippen LogP contribution in [0, 0.1) is 0 Å². The fraction of sp³-hybridized carbons (Fsp3) is 0.462. The van der Waals surface area contributed by atoms with Crippen LogP contribution in [0.1, 0.15) is 18.5 Å². The number of para-hydroxylation sites is 1. The number of benzene rings is 1. The van der Waals surface area contributed by atoms with Crippen LogP contribution < -0.4 is 5.32 Å². The zero-order chi connectivity index (χ0) is 12.1. The fourth-order valence-corrected chi connectivity index (χ4v) is 2.37. The summed E-state index contributed by atoms with van der Waals surface area (Å²) in [6, 6.07) is 8.37. The van der Waals surface area contributed by atoms with E-state index >= 15 is 0 Å². The minimum atomic E-state index is 0.851. The highest BCUT2D eigenvalue weighted by molar-refractivity contribution is 9.09. The Balaban J connectivity index is 1.99. The first kappa shape index (κ1) is 12.6. The first-order valence-corrected chi connectivity index (χ1v) is 7.12. The third-order valence-electron chi connectivity index (χ3n) is 2.86. The van der Waals surface area contributed by atoms with E-state index in [2.05, 4.69) is 50.6 Å². The highest BCUT2D eigenvalue weighted by Gasteiger charge is 2.06. The van der Waals surface area contributed by atoms with Crippen molar-refractivity contribution in [2.45, 2.75) is 19.4 Å². The van der Waals surface area contributed by atoms with Crippen LogP contribution in [-0.2, 0) is 13.6 Å². The SMILES string of the molecule is Cn1nc(CNCCCCBr)c2ccccc21. The maximum absolute atomic E-state index is 4.55. The monoisotopic (exact) mass is 295 g/mol. The Hall–Kier alpha value is -0.870. The topological polar surface area (TPSA) is 29.9 Å². The van der Waals surface area contributed by atoms with Gasteiger partial charge in [-0.25, -0.2) is 0 Å². The smallest absolute Gasteiger partial charge is 0.0841 e. The predicted molar refractivity (Wildman–Crippen MR) is 75.4 cm³/mol. The molecule has 2 aromatic rings. The molecule has 0 unspecified atom stereocenters. The largest absolute Gasteiger partial charge is 0.311 e. The minimum absolute atomic E-state index is 0.851. The molecule has 3 nitrogen and oxygen atoms in total. The number of aromatic nitrogens is 2. The summed E-state index contributed by atoms with van der Waals surface area (Å²) >= 11 is 3.44. The van der Waals surface area contributed by atoms with Gasteiger partial charge in [0.15, 0.2) is 0 Å². The van der Waals surface area contributed by atoms with Crippen molar-refractivity contribution in [3.63, 3.8) is 0 Å². The first-order chi connectivity index (χ1) is 8.33. The number of nitrogens with zero attached hydrogens (tertiary/aromatic N) is 2. The van der Waals surface area contributed by atoms with Gasteiger partial charge in [0, 0.05) is 24.3 Å². The Morgan fingerprint density at radius 3 is 2.94 bits per heavy atom. The Bertz CT molecular complexity index is 478. The molecular weight excluding hydrogens is 278 g/mol. The highest BCUT2D eigenvalue weighted by Crippen LogP contribution is 2.16. The molecule has 0 atom stereocenters. The van der Waals surface area contributed by atoms with E-state index in [1.54, 1.807) is 0 Å². The molecule has 0 aliphatic heterocycles. The van der Waals surface area contributed by atoms with Gasteiger partial charge in [-0.3, -0.25) is 4.68 Å². The average Bonchev–Trinajstić information content (AvgIpc) is 2.67. The third kappa shape index (κ3) is 3.07. The molecular formula is C13H18BrN3. The van der Waals surface area contributed by atoms with E-state index in [-0.39, 0.29) is 0 Å².